The number of nitrogens with one attached hydrogen (secondary N) is 1. The summed E-state index contributed by atoms with van der Waals surface area (Å²) in [5.74, 6) is 0.627. The zero-order valence-corrected chi connectivity index (χ0v) is 14.7. The van der Waals surface area contributed by atoms with Crippen LogP contribution in [0.5, 0.6) is 5.75 Å². The lowest BCUT2D eigenvalue weighted by molar-refractivity contribution is 0.0922. The second-order valence-electron chi connectivity index (χ2n) is 6.39. The molecule has 1 saturated heterocycles. The summed E-state index contributed by atoms with van der Waals surface area (Å²) in [6.45, 7) is 6.15. The average Bonchev–Trinajstić information content (AvgIpc) is 2.91. The molecule has 3 rings (SSSR count). The van der Waals surface area contributed by atoms with E-state index in [1.165, 1.54) is 12.8 Å². The van der Waals surface area contributed by atoms with Crippen LogP contribution in [0.25, 0.3) is 5.65 Å². The van der Waals surface area contributed by atoms with Gasteiger partial charge < -0.3 is 15.0 Å². The summed E-state index contributed by atoms with van der Waals surface area (Å²) in [6, 6.07) is 4.18. The Kier molecular flexibility index (Phi) is 5.04. The lowest BCUT2D eigenvalue weighted by atomic mass is 10.0. The molecule has 1 unspecified atom stereocenters. The maximum atomic E-state index is 12.7. The third-order valence-electron chi connectivity index (χ3n) is 4.72. The molecule has 2 aromatic heterocycles. The SMILES string of the molecule is CCOc1cccn2c(C(=O)NCC3CCCCN3C)c(C)nc12. The van der Waals surface area contributed by atoms with Gasteiger partial charge in [-0.2, -0.15) is 0 Å². The van der Waals surface area contributed by atoms with Gasteiger partial charge in [0.05, 0.1) is 12.3 Å². The third kappa shape index (κ3) is 3.24. The van der Waals surface area contributed by atoms with E-state index < -0.39 is 0 Å². The van der Waals surface area contributed by atoms with Gasteiger partial charge in [0, 0.05) is 18.8 Å². The van der Waals surface area contributed by atoms with Crippen LogP contribution in [0, 0.1) is 6.92 Å². The van der Waals surface area contributed by atoms with E-state index in [0.29, 0.717) is 36.3 Å². The number of hydrogen-bond acceptors (Lipinski definition) is 4. The molecule has 0 radical (unpaired) electrons. The van der Waals surface area contributed by atoms with Crippen LogP contribution >= 0.6 is 0 Å². The number of nitrogens with zero attached hydrogens (tertiary/aromatic N) is 3. The predicted molar refractivity (Wildman–Crippen MR) is 93.7 cm³/mol. The molecule has 1 amide bonds. The number of fused-ring (bicyclic) bond motifs is 1. The molecule has 0 bridgehead atoms. The maximum Gasteiger partial charge on any atom is 0.270 e. The molecule has 3 heterocycles. The van der Waals surface area contributed by atoms with Gasteiger partial charge in [-0.25, -0.2) is 4.98 Å². The Balaban J connectivity index is 1.79. The van der Waals surface area contributed by atoms with E-state index >= 15 is 0 Å². The van der Waals surface area contributed by atoms with Crippen LogP contribution in [-0.4, -0.2) is 53.0 Å². The first kappa shape index (κ1) is 16.8. The lowest BCUT2D eigenvalue weighted by Gasteiger charge is -2.32. The Morgan fingerprint density at radius 3 is 3.04 bits per heavy atom. The van der Waals surface area contributed by atoms with Crippen molar-refractivity contribution in [3.63, 3.8) is 0 Å². The molecule has 130 valence electrons. The number of pyridine rings is 1. The second-order valence-corrected chi connectivity index (χ2v) is 6.39. The number of aryl methyl sites for hydroxylation is 1. The molecule has 6 nitrogen and oxygen atoms in total. The van der Waals surface area contributed by atoms with E-state index in [4.69, 9.17) is 4.74 Å². The largest absolute Gasteiger partial charge is 0.490 e. The van der Waals surface area contributed by atoms with Crippen molar-refractivity contribution in [2.45, 2.75) is 39.2 Å². The van der Waals surface area contributed by atoms with Gasteiger partial charge in [-0.3, -0.25) is 9.20 Å². The zero-order chi connectivity index (χ0) is 17.1. The normalized spacial score (nSPS) is 18.7. The zero-order valence-electron chi connectivity index (χ0n) is 14.7. The highest BCUT2D eigenvalue weighted by Gasteiger charge is 2.22. The minimum atomic E-state index is -0.0763. The van der Waals surface area contributed by atoms with Gasteiger partial charge >= 0.3 is 0 Å². The van der Waals surface area contributed by atoms with Gasteiger partial charge in [0.2, 0.25) is 0 Å². The van der Waals surface area contributed by atoms with Crippen LogP contribution in [0.4, 0.5) is 0 Å². The number of likely N-dealkylation sites (N-methyl/N-ethyl adjacent to an activating group) is 1. The Bertz CT molecular complexity index is 725. The van der Waals surface area contributed by atoms with Crippen LogP contribution in [0.3, 0.4) is 0 Å². The average molecular weight is 330 g/mol. The summed E-state index contributed by atoms with van der Waals surface area (Å²) in [4.78, 5) is 19.6. The monoisotopic (exact) mass is 330 g/mol. The molecule has 6 heteroatoms. The van der Waals surface area contributed by atoms with Crippen LogP contribution in [-0.2, 0) is 0 Å². The number of hydrogen-bond donors (Lipinski definition) is 1. The van der Waals surface area contributed by atoms with Crippen LogP contribution in [0.15, 0.2) is 18.3 Å². The molecule has 0 aliphatic carbocycles. The summed E-state index contributed by atoms with van der Waals surface area (Å²) in [5.41, 5.74) is 2.00. The number of amides is 1. The molecule has 2 aromatic rings. The van der Waals surface area contributed by atoms with E-state index in [1.54, 1.807) is 0 Å². The number of carbonyl (C=O) groups excluding carboxylic acids is 1. The Morgan fingerprint density at radius 2 is 2.29 bits per heavy atom. The topological polar surface area (TPSA) is 58.9 Å². The van der Waals surface area contributed by atoms with E-state index in [-0.39, 0.29) is 5.91 Å². The molecular formula is C18H26N4O2. The van der Waals surface area contributed by atoms with E-state index in [0.717, 1.165) is 18.7 Å². The van der Waals surface area contributed by atoms with Crippen molar-refractivity contribution in [2.75, 3.05) is 26.7 Å². The number of rotatable bonds is 5. The molecule has 1 atom stereocenters. The number of aromatic nitrogens is 2. The minimum Gasteiger partial charge on any atom is -0.490 e. The molecule has 1 fully saturated rings. The van der Waals surface area contributed by atoms with Gasteiger partial charge in [-0.05, 0) is 52.4 Å². The third-order valence-corrected chi connectivity index (χ3v) is 4.72. The number of piperidine rings is 1. The fraction of sp³-hybridized carbons (Fsp3) is 0.556. The quantitative estimate of drug-likeness (QED) is 0.913. The highest BCUT2D eigenvalue weighted by Crippen LogP contribution is 2.22. The van der Waals surface area contributed by atoms with Crippen molar-refractivity contribution in [1.82, 2.24) is 19.6 Å². The van der Waals surface area contributed by atoms with Gasteiger partial charge in [0.1, 0.15) is 5.69 Å². The fourth-order valence-corrected chi connectivity index (χ4v) is 3.39. The summed E-state index contributed by atoms with van der Waals surface area (Å²) in [5, 5.41) is 3.09. The molecule has 1 aliphatic rings. The van der Waals surface area contributed by atoms with Gasteiger partial charge in [-0.15, -0.1) is 0 Å². The number of imidazole rings is 1. The number of carbonyl (C=O) groups is 1. The van der Waals surface area contributed by atoms with Crippen molar-refractivity contribution < 1.29 is 9.53 Å². The summed E-state index contributed by atoms with van der Waals surface area (Å²) >= 11 is 0. The van der Waals surface area contributed by atoms with Gasteiger partial charge in [0.25, 0.3) is 5.91 Å². The van der Waals surface area contributed by atoms with Crippen LogP contribution in [0.2, 0.25) is 0 Å². The smallest absolute Gasteiger partial charge is 0.270 e. The Hall–Kier alpha value is -2.08. The van der Waals surface area contributed by atoms with Crippen molar-refractivity contribution in [2.24, 2.45) is 0 Å². The van der Waals surface area contributed by atoms with Crippen LogP contribution < -0.4 is 10.1 Å². The van der Waals surface area contributed by atoms with Gasteiger partial charge in [0.15, 0.2) is 11.4 Å². The second kappa shape index (κ2) is 7.21. The maximum absolute atomic E-state index is 12.7. The first-order chi connectivity index (χ1) is 11.6. The molecular weight excluding hydrogens is 304 g/mol. The number of likely N-dealkylation sites (tertiary alicyclic amines) is 1. The number of ether oxygens (including phenoxy) is 1. The molecule has 0 saturated carbocycles. The highest BCUT2D eigenvalue weighted by atomic mass is 16.5. The van der Waals surface area contributed by atoms with E-state index in [2.05, 4.69) is 22.2 Å². The first-order valence-corrected chi connectivity index (χ1v) is 8.70. The van der Waals surface area contributed by atoms with Crippen molar-refractivity contribution >= 4 is 11.6 Å². The van der Waals surface area contributed by atoms with Crippen molar-refractivity contribution in [1.29, 1.82) is 0 Å². The highest BCUT2D eigenvalue weighted by molar-refractivity contribution is 5.95. The summed E-state index contributed by atoms with van der Waals surface area (Å²) in [6.07, 6.45) is 5.47. The molecule has 1 N–H and O–H groups in total. The lowest BCUT2D eigenvalue weighted by Crippen LogP contribution is -2.44. The molecule has 0 spiro atoms. The Morgan fingerprint density at radius 1 is 1.46 bits per heavy atom. The summed E-state index contributed by atoms with van der Waals surface area (Å²) in [7, 11) is 2.13. The fourth-order valence-electron chi connectivity index (χ4n) is 3.39. The molecule has 24 heavy (non-hydrogen) atoms. The minimum absolute atomic E-state index is 0.0763. The van der Waals surface area contributed by atoms with Crippen molar-refractivity contribution in [3.05, 3.63) is 29.7 Å². The molecule has 0 aromatic carbocycles. The summed E-state index contributed by atoms with van der Waals surface area (Å²) < 4.78 is 7.43. The van der Waals surface area contributed by atoms with Gasteiger partial charge in [-0.1, -0.05) is 6.42 Å². The predicted octanol–water partition coefficient (Wildman–Crippen LogP) is 2.26. The molecule has 1 aliphatic heterocycles. The standard InChI is InChI=1S/C18H26N4O2/c1-4-24-15-9-7-11-22-16(13(2)20-17(15)22)18(23)19-12-14-8-5-6-10-21(14)3/h7,9,11,14H,4-6,8,10,12H2,1-3H3,(H,19,23). The van der Waals surface area contributed by atoms with Crippen molar-refractivity contribution in [3.8, 4) is 5.75 Å². The Labute approximate surface area is 142 Å². The van der Waals surface area contributed by atoms with E-state index in [9.17, 15) is 4.79 Å². The first-order valence-electron chi connectivity index (χ1n) is 8.70. The van der Waals surface area contributed by atoms with Crippen LogP contribution in [0.1, 0.15) is 42.4 Å². The van der Waals surface area contributed by atoms with E-state index in [1.807, 2.05) is 36.6 Å².